The highest BCUT2D eigenvalue weighted by molar-refractivity contribution is 5.76. The number of amides is 1. The van der Waals surface area contributed by atoms with Crippen molar-refractivity contribution in [3.63, 3.8) is 0 Å². The Labute approximate surface area is 117 Å². The van der Waals surface area contributed by atoms with E-state index in [1.54, 1.807) is 0 Å². The smallest absolute Gasteiger partial charge is 0.223 e. The Bertz CT molecular complexity index is 374. The van der Waals surface area contributed by atoms with E-state index >= 15 is 0 Å². The van der Waals surface area contributed by atoms with Crippen molar-refractivity contribution in [2.45, 2.75) is 26.8 Å². The fourth-order valence-electron chi connectivity index (χ4n) is 1.89. The first-order valence-electron chi connectivity index (χ1n) is 6.95. The molecule has 0 N–H and O–H groups in total. The maximum absolute atomic E-state index is 12.3. The van der Waals surface area contributed by atoms with Crippen LogP contribution in [0.1, 0.15) is 25.8 Å². The first-order chi connectivity index (χ1) is 8.99. The summed E-state index contributed by atoms with van der Waals surface area (Å²) in [6.07, 6.45) is 0.625. The van der Waals surface area contributed by atoms with Crippen LogP contribution in [0, 0.1) is 5.92 Å². The second-order valence-corrected chi connectivity index (χ2v) is 5.70. The molecule has 1 aromatic rings. The summed E-state index contributed by atoms with van der Waals surface area (Å²) in [6.45, 7) is 6.57. The van der Waals surface area contributed by atoms with E-state index in [0.717, 1.165) is 13.1 Å². The molecule has 0 saturated carbocycles. The average Bonchev–Trinajstić information content (AvgIpc) is 2.34. The Morgan fingerprint density at radius 3 is 2.26 bits per heavy atom. The molecule has 0 aliphatic carbocycles. The fraction of sp³-hybridized carbons (Fsp3) is 0.562. The van der Waals surface area contributed by atoms with Crippen molar-refractivity contribution in [3.05, 3.63) is 35.9 Å². The molecule has 3 heteroatoms. The van der Waals surface area contributed by atoms with Crippen LogP contribution in [-0.4, -0.2) is 42.9 Å². The van der Waals surface area contributed by atoms with Crippen LogP contribution < -0.4 is 0 Å². The largest absolute Gasteiger partial charge is 0.337 e. The number of hydrogen-bond acceptors (Lipinski definition) is 2. The van der Waals surface area contributed by atoms with E-state index in [1.165, 1.54) is 5.56 Å². The molecule has 1 aromatic carbocycles. The molecular weight excluding hydrogens is 236 g/mol. The highest BCUT2D eigenvalue weighted by atomic mass is 16.2. The molecule has 0 heterocycles. The van der Waals surface area contributed by atoms with Gasteiger partial charge in [0.05, 0.1) is 0 Å². The summed E-state index contributed by atoms with van der Waals surface area (Å²) in [5.41, 5.74) is 1.19. The SMILES string of the molecule is CC(C)CC(=O)N(CCN(C)C)Cc1ccccc1. The summed E-state index contributed by atoms with van der Waals surface area (Å²) in [5, 5.41) is 0. The molecule has 0 unspecified atom stereocenters. The molecule has 3 nitrogen and oxygen atoms in total. The summed E-state index contributed by atoms with van der Waals surface area (Å²) in [7, 11) is 4.07. The Kier molecular flexibility index (Phi) is 6.57. The van der Waals surface area contributed by atoms with Gasteiger partial charge in [-0.3, -0.25) is 4.79 Å². The highest BCUT2D eigenvalue weighted by Crippen LogP contribution is 2.09. The standard InChI is InChI=1S/C16H26N2O/c1-14(2)12-16(19)18(11-10-17(3)4)13-15-8-6-5-7-9-15/h5-9,14H,10-13H2,1-4H3. The van der Waals surface area contributed by atoms with Crippen LogP contribution in [0.25, 0.3) is 0 Å². The van der Waals surface area contributed by atoms with Gasteiger partial charge in [0, 0.05) is 26.1 Å². The Morgan fingerprint density at radius 2 is 1.74 bits per heavy atom. The Morgan fingerprint density at radius 1 is 1.11 bits per heavy atom. The quantitative estimate of drug-likeness (QED) is 0.754. The molecule has 0 fully saturated rings. The van der Waals surface area contributed by atoms with Crippen molar-refractivity contribution in [3.8, 4) is 0 Å². The number of nitrogens with zero attached hydrogens (tertiary/aromatic N) is 2. The predicted molar refractivity (Wildman–Crippen MR) is 79.9 cm³/mol. The molecule has 0 aliphatic rings. The zero-order chi connectivity index (χ0) is 14.3. The van der Waals surface area contributed by atoms with Gasteiger partial charge in [-0.1, -0.05) is 44.2 Å². The van der Waals surface area contributed by atoms with E-state index in [4.69, 9.17) is 0 Å². The lowest BCUT2D eigenvalue weighted by atomic mass is 10.1. The molecular formula is C16H26N2O. The number of hydrogen-bond donors (Lipinski definition) is 0. The summed E-state index contributed by atoms with van der Waals surface area (Å²) in [5.74, 6) is 0.658. The lowest BCUT2D eigenvalue weighted by molar-refractivity contribution is -0.132. The molecule has 0 spiro atoms. The lowest BCUT2D eigenvalue weighted by Crippen LogP contribution is -2.36. The van der Waals surface area contributed by atoms with Gasteiger partial charge in [-0.25, -0.2) is 0 Å². The van der Waals surface area contributed by atoms with Gasteiger partial charge in [-0.2, -0.15) is 0 Å². The highest BCUT2D eigenvalue weighted by Gasteiger charge is 2.15. The van der Waals surface area contributed by atoms with Crippen LogP contribution in [0.15, 0.2) is 30.3 Å². The van der Waals surface area contributed by atoms with Crippen LogP contribution in [0.3, 0.4) is 0 Å². The summed E-state index contributed by atoms with van der Waals surface area (Å²) < 4.78 is 0. The van der Waals surface area contributed by atoms with Gasteiger partial charge in [0.2, 0.25) is 5.91 Å². The van der Waals surface area contributed by atoms with Crippen molar-refractivity contribution in [2.75, 3.05) is 27.2 Å². The van der Waals surface area contributed by atoms with Gasteiger partial charge in [0.25, 0.3) is 0 Å². The summed E-state index contributed by atoms with van der Waals surface area (Å²) >= 11 is 0. The molecule has 0 bridgehead atoms. The minimum absolute atomic E-state index is 0.251. The number of likely N-dealkylation sites (N-methyl/N-ethyl adjacent to an activating group) is 1. The van der Waals surface area contributed by atoms with Crippen molar-refractivity contribution in [2.24, 2.45) is 5.92 Å². The van der Waals surface area contributed by atoms with Crippen molar-refractivity contribution in [1.82, 2.24) is 9.80 Å². The van der Waals surface area contributed by atoms with Gasteiger partial charge < -0.3 is 9.80 Å². The first-order valence-corrected chi connectivity index (χ1v) is 6.95. The maximum atomic E-state index is 12.3. The maximum Gasteiger partial charge on any atom is 0.223 e. The van der Waals surface area contributed by atoms with Crippen LogP contribution in [-0.2, 0) is 11.3 Å². The number of benzene rings is 1. The third-order valence-electron chi connectivity index (χ3n) is 2.97. The molecule has 1 amide bonds. The topological polar surface area (TPSA) is 23.6 Å². The summed E-state index contributed by atoms with van der Waals surface area (Å²) in [6, 6.07) is 10.2. The second kappa shape index (κ2) is 7.95. The van der Waals surface area contributed by atoms with Crippen LogP contribution >= 0.6 is 0 Å². The predicted octanol–water partition coefficient (Wildman–Crippen LogP) is 2.62. The molecule has 0 aromatic heterocycles. The van der Waals surface area contributed by atoms with E-state index in [0.29, 0.717) is 18.9 Å². The van der Waals surface area contributed by atoms with Gasteiger partial charge in [0.1, 0.15) is 0 Å². The Balaban J connectivity index is 2.65. The van der Waals surface area contributed by atoms with E-state index in [1.807, 2.05) is 37.2 Å². The average molecular weight is 262 g/mol. The number of rotatable bonds is 7. The van der Waals surface area contributed by atoms with Crippen LogP contribution in [0.2, 0.25) is 0 Å². The molecule has 0 atom stereocenters. The minimum Gasteiger partial charge on any atom is -0.337 e. The third-order valence-corrected chi connectivity index (χ3v) is 2.97. The minimum atomic E-state index is 0.251. The Hall–Kier alpha value is -1.35. The third kappa shape index (κ3) is 6.39. The van der Waals surface area contributed by atoms with E-state index < -0.39 is 0 Å². The molecule has 0 saturated heterocycles. The zero-order valence-electron chi connectivity index (χ0n) is 12.6. The molecule has 19 heavy (non-hydrogen) atoms. The van der Waals surface area contributed by atoms with Gasteiger partial charge in [-0.15, -0.1) is 0 Å². The van der Waals surface area contributed by atoms with E-state index in [2.05, 4.69) is 30.9 Å². The fourth-order valence-corrected chi connectivity index (χ4v) is 1.89. The van der Waals surface area contributed by atoms with Crippen molar-refractivity contribution < 1.29 is 4.79 Å². The van der Waals surface area contributed by atoms with E-state index in [9.17, 15) is 4.79 Å². The molecule has 0 radical (unpaired) electrons. The van der Waals surface area contributed by atoms with E-state index in [-0.39, 0.29) is 5.91 Å². The van der Waals surface area contributed by atoms with Gasteiger partial charge >= 0.3 is 0 Å². The van der Waals surface area contributed by atoms with Crippen LogP contribution in [0.4, 0.5) is 0 Å². The molecule has 1 rings (SSSR count). The molecule has 106 valence electrons. The first kappa shape index (κ1) is 15.7. The zero-order valence-corrected chi connectivity index (χ0v) is 12.6. The van der Waals surface area contributed by atoms with Crippen LogP contribution in [0.5, 0.6) is 0 Å². The normalized spacial score (nSPS) is 11.1. The van der Waals surface area contributed by atoms with Crippen molar-refractivity contribution >= 4 is 5.91 Å². The number of carbonyl (C=O) groups is 1. The molecule has 0 aliphatic heterocycles. The van der Waals surface area contributed by atoms with Crippen molar-refractivity contribution in [1.29, 1.82) is 0 Å². The van der Waals surface area contributed by atoms with Gasteiger partial charge in [-0.05, 0) is 25.6 Å². The second-order valence-electron chi connectivity index (χ2n) is 5.70. The number of carbonyl (C=O) groups excluding carboxylic acids is 1. The van der Waals surface area contributed by atoms with Gasteiger partial charge in [0.15, 0.2) is 0 Å². The summed E-state index contributed by atoms with van der Waals surface area (Å²) in [4.78, 5) is 16.4. The lowest BCUT2D eigenvalue weighted by Gasteiger charge is -2.25. The monoisotopic (exact) mass is 262 g/mol.